The first-order valence-electron chi connectivity index (χ1n) is 16.6. The number of hydrogen-bond acceptors (Lipinski definition) is 2. The summed E-state index contributed by atoms with van der Waals surface area (Å²) in [4.78, 5) is 7.19. The van der Waals surface area contributed by atoms with Crippen LogP contribution in [0.5, 0.6) is 0 Å². The highest BCUT2D eigenvalue weighted by Crippen LogP contribution is 2.51. The maximum Gasteiger partial charge on any atom is 0.0708 e. The van der Waals surface area contributed by atoms with Crippen molar-refractivity contribution < 1.29 is 0 Å². The summed E-state index contributed by atoms with van der Waals surface area (Å²) < 4.78 is 0. The Kier molecular flexibility index (Phi) is 6.51. The van der Waals surface area contributed by atoms with Gasteiger partial charge in [-0.05, 0) is 92.0 Å². The minimum atomic E-state index is -0.0514. The molecule has 9 rings (SSSR count). The van der Waals surface area contributed by atoms with Crippen molar-refractivity contribution in [3.8, 4) is 33.5 Å². The zero-order valence-electron chi connectivity index (χ0n) is 27.1. The molecule has 0 amide bonds. The second kappa shape index (κ2) is 11.1. The second-order valence-electron chi connectivity index (χ2n) is 13.2. The van der Waals surface area contributed by atoms with Crippen molar-refractivity contribution in [2.45, 2.75) is 19.3 Å². The van der Waals surface area contributed by atoms with Crippen LogP contribution in [0.3, 0.4) is 0 Å². The van der Waals surface area contributed by atoms with E-state index < -0.39 is 0 Å². The molecule has 1 aromatic heterocycles. The first kappa shape index (κ1) is 28.3. The Labute approximate surface area is 281 Å². The maximum absolute atomic E-state index is 4.74. The van der Waals surface area contributed by atoms with Gasteiger partial charge in [0.05, 0.1) is 11.4 Å². The van der Waals surface area contributed by atoms with Crippen LogP contribution in [-0.4, -0.2) is 4.98 Å². The molecule has 0 saturated carbocycles. The lowest BCUT2D eigenvalue weighted by molar-refractivity contribution is 0.660. The number of hydrogen-bond donors (Lipinski definition) is 0. The fraction of sp³-hybridized carbons (Fsp3) is 0.0652. The van der Waals surface area contributed by atoms with Gasteiger partial charge in [0.1, 0.15) is 0 Å². The van der Waals surface area contributed by atoms with E-state index in [4.69, 9.17) is 4.98 Å². The molecule has 7 aromatic carbocycles. The van der Waals surface area contributed by atoms with E-state index in [1.165, 1.54) is 54.9 Å². The standard InChI is InChI=1S/C46H34N2/c1-46(2)41-20-9-8-16-36(41)40-30-35(26-27-42(40)46)48(34-24-22-32(23-25-34)31-13-4-3-5-14-31)44-29-33-15-12-19-39(43-21-10-11-28-47-43)45(33)38-18-7-6-17-37(38)44/h3-30H,1-2H3. The first-order valence-corrected chi connectivity index (χ1v) is 16.6. The first-order chi connectivity index (χ1) is 23.6. The topological polar surface area (TPSA) is 16.1 Å². The molecule has 1 aliphatic rings. The Morgan fingerprint density at radius 3 is 1.96 bits per heavy atom. The monoisotopic (exact) mass is 614 g/mol. The smallest absolute Gasteiger partial charge is 0.0708 e. The summed E-state index contributed by atoms with van der Waals surface area (Å²) in [5, 5.41) is 4.82. The van der Waals surface area contributed by atoms with Crippen LogP contribution in [0, 0.1) is 0 Å². The van der Waals surface area contributed by atoms with E-state index in [1.54, 1.807) is 0 Å². The lowest BCUT2D eigenvalue weighted by Crippen LogP contribution is -2.15. The van der Waals surface area contributed by atoms with Crippen LogP contribution in [0.2, 0.25) is 0 Å². The third-order valence-electron chi connectivity index (χ3n) is 10.1. The van der Waals surface area contributed by atoms with E-state index >= 15 is 0 Å². The van der Waals surface area contributed by atoms with Crippen LogP contribution >= 0.6 is 0 Å². The average molecular weight is 615 g/mol. The lowest BCUT2D eigenvalue weighted by Gasteiger charge is -2.29. The molecule has 228 valence electrons. The number of fused-ring (bicyclic) bond motifs is 6. The van der Waals surface area contributed by atoms with Crippen LogP contribution in [0.4, 0.5) is 17.1 Å². The Bertz CT molecular complexity index is 2460. The number of rotatable bonds is 5. The largest absolute Gasteiger partial charge is 0.310 e. The third-order valence-corrected chi connectivity index (χ3v) is 10.1. The second-order valence-corrected chi connectivity index (χ2v) is 13.2. The maximum atomic E-state index is 4.74. The number of pyridine rings is 1. The van der Waals surface area contributed by atoms with Gasteiger partial charge in [0.25, 0.3) is 0 Å². The van der Waals surface area contributed by atoms with Crippen LogP contribution < -0.4 is 4.90 Å². The fourth-order valence-corrected chi connectivity index (χ4v) is 7.77. The molecule has 0 aliphatic heterocycles. The van der Waals surface area contributed by atoms with Gasteiger partial charge in [0, 0.05) is 33.9 Å². The summed E-state index contributed by atoms with van der Waals surface area (Å²) in [6, 6.07) is 59.4. The molecule has 0 saturated heterocycles. The third kappa shape index (κ3) is 4.45. The molecule has 8 aromatic rings. The summed E-state index contributed by atoms with van der Waals surface area (Å²) in [6.07, 6.45) is 1.87. The van der Waals surface area contributed by atoms with Gasteiger partial charge < -0.3 is 4.90 Å². The van der Waals surface area contributed by atoms with Crippen molar-refractivity contribution in [2.75, 3.05) is 4.90 Å². The molecule has 2 nitrogen and oxygen atoms in total. The molecular weight excluding hydrogens is 581 g/mol. The highest BCUT2D eigenvalue weighted by atomic mass is 15.1. The molecule has 1 heterocycles. The Balaban J connectivity index is 1.30. The summed E-state index contributed by atoms with van der Waals surface area (Å²) >= 11 is 0. The van der Waals surface area contributed by atoms with Gasteiger partial charge in [0.15, 0.2) is 0 Å². The zero-order chi connectivity index (χ0) is 32.2. The summed E-state index contributed by atoms with van der Waals surface area (Å²) in [7, 11) is 0. The highest BCUT2D eigenvalue weighted by molar-refractivity contribution is 6.19. The fourth-order valence-electron chi connectivity index (χ4n) is 7.77. The van der Waals surface area contributed by atoms with Gasteiger partial charge in [-0.2, -0.15) is 0 Å². The van der Waals surface area contributed by atoms with Crippen molar-refractivity contribution in [1.29, 1.82) is 0 Å². The van der Waals surface area contributed by atoms with Crippen LogP contribution in [0.15, 0.2) is 170 Å². The molecule has 0 unspecified atom stereocenters. The Hall–Kier alpha value is -5.99. The van der Waals surface area contributed by atoms with Crippen LogP contribution in [0.25, 0.3) is 55.1 Å². The molecule has 0 radical (unpaired) electrons. The van der Waals surface area contributed by atoms with Crippen LogP contribution in [-0.2, 0) is 5.41 Å². The SMILES string of the molecule is CC1(C)c2ccccc2-c2cc(N(c3ccc(-c4ccccc4)cc3)c3cc4cccc(-c5ccccn5)c4c4ccccc34)ccc21. The molecule has 0 N–H and O–H groups in total. The van der Waals surface area contributed by atoms with Crippen molar-refractivity contribution in [2.24, 2.45) is 0 Å². The molecule has 1 aliphatic carbocycles. The normalized spacial score (nSPS) is 13.0. The summed E-state index contributed by atoms with van der Waals surface area (Å²) in [5.41, 5.74) is 13.3. The van der Waals surface area contributed by atoms with E-state index in [0.717, 1.165) is 28.3 Å². The number of nitrogens with zero attached hydrogens (tertiary/aromatic N) is 2. The number of anilines is 3. The van der Waals surface area contributed by atoms with Gasteiger partial charge in [-0.1, -0.05) is 135 Å². The van der Waals surface area contributed by atoms with Gasteiger partial charge in [-0.3, -0.25) is 4.98 Å². The number of aromatic nitrogens is 1. The van der Waals surface area contributed by atoms with E-state index in [0.29, 0.717) is 0 Å². The van der Waals surface area contributed by atoms with E-state index in [9.17, 15) is 0 Å². The minimum absolute atomic E-state index is 0.0514. The van der Waals surface area contributed by atoms with Crippen molar-refractivity contribution >= 4 is 38.6 Å². The molecule has 48 heavy (non-hydrogen) atoms. The molecule has 0 spiro atoms. The van der Waals surface area contributed by atoms with Gasteiger partial charge >= 0.3 is 0 Å². The molecular formula is C46H34N2. The molecule has 2 heteroatoms. The summed E-state index contributed by atoms with van der Waals surface area (Å²) in [5.74, 6) is 0. The van der Waals surface area contributed by atoms with E-state index in [2.05, 4.69) is 176 Å². The Morgan fingerprint density at radius 1 is 0.479 bits per heavy atom. The quantitative estimate of drug-likeness (QED) is 0.179. The van der Waals surface area contributed by atoms with E-state index in [1.807, 2.05) is 12.3 Å². The lowest BCUT2D eigenvalue weighted by atomic mass is 9.82. The van der Waals surface area contributed by atoms with Crippen molar-refractivity contribution in [1.82, 2.24) is 4.98 Å². The highest BCUT2D eigenvalue weighted by Gasteiger charge is 2.35. The van der Waals surface area contributed by atoms with Gasteiger partial charge in [-0.25, -0.2) is 0 Å². The van der Waals surface area contributed by atoms with Crippen molar-refractivity contribution in [3.63, 3.8) is 0 Å². The van der Waals surface area contributed by atoms with Crippen LogP contribution in [0.1, 0.15) is 25.0 Å². The predicted octanol–water partition coefficient (Wildman–Crippen LogP) is 12.5. The number of benzene rings is 7. The Morgan fingerprint density at radius 2 is 1.15 bits per heavy atom. The van der Waals surface area contributed by atoms with E-state index in [-0.39, 0.29) is 5.41 Å². The van der Waals surface area contributed by atoms with Gasteiger partial charge in [-0.15, -0.1) is 0 Å². The molecule has 0 fully saturated rings. The minimum Gasteiger partial charge on any atom is -0.310 e. The zero-order valence-corrected chi connectivity index (χ0v) is 27.1. The van der Waals surface area contributed by atoms with Gasteiger partial charge in [0.2, 0.25) is 0 Å². The molecule has 0 bridgehead atoms. The molecule has 0 atom stereocenters. The predicted molar refractivity (Wildman–Crippen MR) is 202 cm³/mol. The summed E-state index contributed by atoms with van der Waals surface area (Å²) in [6.45, 7) is 4.68. The van der Waals surface area contributed by atoms with Crippen molar-refractivity contribution in [3.05, 3.63) is 181 Å². The average Bonchev–Trinajstić information content (AvgIpc) is 3.38.